The molecule has 0 bridgehead atoms. The molecule has 0 amide bonds. The molecule has 1 saturated heterocycles. The van der Waals surface area contributed by atoms with E-state index in [2.05, 4.69) is 23.8 Å². The Bertz CT molecular complexity index is 234. The number of rotatable bonds is 4. The van der Waals surface area contributed by atoms with Crippen LogP contribution < -0.4 is 0 Å². The second-order valence-corrected chi connectivity index (χ2v) is 5.89. The van der Waals surface area contributed by atoms with E-state index < -0.39 is 0 Å². The third-order valence-electron chi connectivity index (χ3n) is 4.77. The molecule has 1 N–H and O–H groups in total. The smallest absolute Gasteiger partial charge is 0.0568 e. The summed E-state index contributed by atoms with van der Waals surface area (Å²) in [6.07, 6.45) is 5.94. The summed E-state index contributed by atoms with van der Waals surface area (Å²) in [5, 5.41) is 9.83. The van der Waals surface area contributed by atoms with Gasteiger partial charge in [-0.2, -0.15) is 0 Å². The van der Waals surface area contributed by atoms with Crippen LogP contribution in [0.4, 0.5) is 0 Å². The van der Waals surface area contributed by atoms with Crippen molar-refractivity contribution in [2.24, 2.45) is 5.92 Å². The van der Waals surface area contributed by atoms with Gasteiger partial charge < -0.3 is 14.9 Å². The van der Waals surface area contributed by atoms with E-state index in [1.54, 1.807) is 0 Å². The highest BCUT2D eigenvalue weighted by atomic mass is 16.3. The van der Waals surface area contributed by atoms with Crippen LogP contribution in [0.3, 0.4) is 0 Å². The van der Waals surface area contributed by atoms with Gasteiger partial charge in [-0.25, -0.2) is 0 Å². The maximum absolute atomic E-state index is 9.83. The van der Waals surface area contributed by atoms with Crippen molar-refractivity contribution < 1.29 is 5.11 Å². The van der Waals surface area contributed by atoms with Crippen LogP contribution in [0.15, 0.2) is 0 Å². The van der Waals surface area contributed by atoms with Gasteiger partial charge in [-0.15, -0.1) is 0 Å². The molecule has 1 heterocycles. The van der Waals surface area contributed by atoms with Crippen molar-refractivity contribution in [2.45, 2.75) is 51.2 Å². The first-order chi connectivity index (χ1) is 8.20. The fourth-order valence-electron chi connectivity index (χ4n) is 3.36. The third kappa shape index (κ3) is 3.43. The number of nitrogens with zero attached hydrogens (tertiary/aromatic N) is 2. The van der Waals surface area contributed by atoms with Gasteiger partial charge in [0.1, 0.15) is 0 Å². The minimum Gasteiger partial charge on any atom is -0.393 e. The Morgan fingerprint density at radius 2 is 2.06 bits per heavy atom. The van der Waals surface area contributed by atoms with Crippen LogP contribution in [-0.2, 0) is 0 Å². The molecule has 3 atom stereocenters. The molecule has 2 rings (SSSR count). The molecule has 0 spiro atoms. The number of hydrogen-bond acceptors (Lipinski definition) is 3. The second-order valence-electron chi connectivity index (χ2n) is 5.89. The number of aliphatic hydroxyl groups is 1. The fraction of sp³-hybridized carbons (Fsp3) is 1.00. The quantitative estimate of drug-likeness (QED) is 0.808. The molecule has 100 valence electrons. The van der Waals surface area contributed by atoms with Crippen LogP contribution in [0.25, 0.3) is 0 Å². The van der Waals surface area contributed by atoms with E-state index in [1.807, 2.05) is 0 Å². The summed E-state index contributed by atoms with van der Waals surface area (Å²) in [5.41, 5.74) is 0. The molecule has 2 aliphatic rings. The van der Waals surface area contributed by atoms with Crippen molar-refractivity contribution in [3.05, 3.63) is 0 Å². The standard InChI is InChI=1S/C14H28N2O/c1-3-13-11-16(10-9-15(13)2)8-7-12-5-4-6-14(12)17/h12-14,17H,3-11H2,1-2H3. The van der Waals surface area contributed by atoms with Gasteiger partial charge in [0.15, 0.2) is 0 Å². The Morgan fingerprint density at radius 3 is 2.71 bits per heavy atom. The maximum atomic E-state index is 9.83. The van der Waals surface area contributed by atoms with E-state index in [0.717, 1.165) is 12.5 Å². The van der Waals surface area contributed by atoms with Gasteiger partial charge in [0.05, 0.1) is 6.10 Å². The van der Waals surface area contributed by atoms with Crippen molar-refractivity contribution in [1.29, 1.82) is 0 Å². The summed E-state index contributed by atoms with van der Waals surface area (Å²) in [5.74, 6) is 0.578. The van der Waals surface area contributed by atoms with E-state index in [4.69, 9.17) is 0 Å². The molecular formula is C14H28N2O. The SMILES string of the molecule is CCC1CN(CCC2CCCC2O)CCN1C. The summed E-state index contributed by atoms with van der Waals surface area (Å²) in [6.45, 7) is 7.09. The monoisotopic (exact) mass is 240 g/mol. The third-order valence-corrected chi connectivity index (χ3v) is 4.77. The minimum atomic E-state index is -0.00978. The molecule has 1 aliphatic carbocycles. The van der Waals surface area contributed by atoms with Crippen molar-refractivity contribution in [2.75, 3.05) is 33.2 Å². The number of likely N-dealkylation sites (N-methyl/N-ethyl adjacent to an activating group) is 1. The summed E-state index contributed by atoms with van der Waals surface area (Å²) >= 11 is 0. The van der Waals surface area contributed by atoms with Gasteiger partial charge in [-0.3, -0.25) is 0 Å². The van der Waals surface area contributed by atoms with Crippen LogP contribution in [0, 0.1) is 5.92 Å². The van der Waals surface area contributed by atoms with E-state index in [-0.39, 0.29) is 6.10 Å². The Labute approximate surface area is 106 Å². The van der Waals surface area contributed by atoms with Gasteiger partial charge in [-0.05, 0) is 45.2 Å². The predicted molar refractivity (Wildman–Crippen MR) is 71.1 cm³/mol. The highest BCUT2D eigenvalue weighted by Crippen LogP contribution is 2.28. The van der Waals surface area contributed by atoms with E-state index in [1.165, 1.54) is 51.9 Å². The Kier molecular flexibility index (Phi) is 4.83. The largest absolute Gasteiger partial charge is 0.393 e. The van der Waals surface area contributed by atoms with Crippen LogP contribution in [-0.4, -0.2) is 60.3 Å². The first-order valence-corrected chi connectivity index (χ1v) is 7.31. The Morgan fingerprint density at radius 1 is 1.24 bits per heavy atom. The van der Waals surface area contributed by atoms with E-state index in [9.17, 15) is 5.11 Å². The number of hydrogen-bond donors (Lipinski definition) is 1. The van der Waals surface area contributed by atoms with E-state index in [0.29, 0.717) is 5.92 Å². The van der Waals surface area contributed by atoms with Crippen LogP contribution in [0.5, 0.6) is 0 Å². The summed E-state index contributed by atoms with van der Waals surface area (Å²) in [4.78, 5) is 5.08. The molecule has 0 radical (unpaired) electrons. The molecule has 0 aromatic rings. The molecule has 3 heteroatoms. The average Bonchev–Trinajstić information content (AvgIpc) is 2.74. The van der Waals surface area contributed by atoms with Crippen molar-refractivity contribution >= 4 is 0 Å². The highest BCUT2D eigenvalue weighted by molar-refractivity contribution is 4.82. The highest BCUT2D eigenvalue weighted by Gasteiger charge is 2.27. The second kappa shape index (κ2) is 6.17. The summed E-state index contributed by atoms with van der Waals surface area (Å²) in [7, 11) is 2.24. The fourth-order valence-corrected chi connectivity index (χ4v) is 3.36. The molecule has 3 nitrogen and oxygen atoms in total. The lowest BCUT2D eigenvalue weighted by molar-refractivity contribution is 0.0758. The van der Waals surface area contributed by atoms with Crippen molar-refractivity contribution in [1.82, 2.24) is 9.80 Å². The molecule has 1 saturated carbocycles. The Hall–Kier alpha value is -0.120. The lowest BCUT2D eigenvalue weighted by atomic mass is 10.0. The molecule has 3 unspecified atom stereocenters. The van der Waals surface area contributed by atoms with Crippen LogP contribution >= 0.6 is 0 Å². The normalized spacial score (nSPS) is 36.5. The number of piperazine rings is 1. The lowest BCUT2D eigenvalue weighted by Crippen LogP contribution is -2.51. The van der Waals surface area contributed by atoms with Crippen molar-refractivity contribution in [3.63, 3.8) is 0 Å². The lowest BCUT2D eigenvalue weighted by Gasteiger charge is -2.39. The minimum absolute atomic E-state index is 0.00978. The predicted octanol–water partition coefficient (Wildman–Crippen LogP) is 1.56. The van der Waals surface area contributed by atoms with Gasteiger partial charge in [0.25, 0.3) is 0 Å². The van der Waals surface area contributed by atoms with Crippen LogP contribution in [0.1, 0.15) is 39.0 Å². The van der Waals surface area contributed by atoms with Crippen LogP contribution in [0.2, 0.25) is 0 Å². The van der Waals surface area contributed by atoms with Gasteiger partial charge in [-0.1, -0.05) is 13.3 Å². The molecule has 1 aliphatic heterocycles. The molecule has 0 aromatic heterocycles. The molecule has 2 fully saturated rings. The maximum Gasteiger partial charge on any atom is 0.0568 e. The molecule has 0 aromatic carbocycles. The first-order valence-electron chi connectivity index (χ1n) is 7.31. The zero-order chi connectivity index (χ0) is 12.3. The topological polar surface area (TPSA) is 26.7 Å². The first kappa shape index (κ1) is 13.3. The van der Waals surface area contributed by atoms with Crippen molar-refractivity contribution in [3.8, 4) is 0 Å². The number of aliphatic hydroxyl groups excluding tert-OH is 1. The molecular weight excluding hydrogens is 212 g/mol. The zero-order valence-corrected chi connectivity index (χ0v) is 11.4. The zero-order valence-electron chi connectivity index (χ0n) is 11.4. The summed E-state index contributed by atoms with van der Waals surface area (Å²) in [6, 6.07) is 0.734. The average molecular weight is 240 g/mol. The van der Waals surface area contributed by atoms with Gasteiger partial charge in [0.2, 0.25) is 0 Å². The van der Waals surface area contributed by atoms with Gasteiger partial charge >= 0.3 is 0 Å². The summed E-state index contributed by atoms with van der Waals surface area (Å²) < 4.78 is 0. The van der Waals surface area contributed by atoms with Gasteiger partial charge in [0, 0.05) is 25.7 Å². The Balaban J connectivity index is 1.72. The molecule has 17 heavy (non-hydrogen) atoms. The van der Waals surface area contributed by atoms with E-state index >= 15 is 0 Å².